The molecule has 2 atom stereocenters. The van der Waals surface area contributed by atoms with Crippen molar-refractivity contribution in [1.82, 2.24) is 10.3 Å². The first kappa shape index (κ1) is 19.3. The van der Waals surface area contributed by atoms with Gasteiger partial charge in [-0.25, -0.2) is 4.98 Å². The Labute approximate surface area is 179 Å². The zero-order valence-corrected chi connectivity index (χ0v) is 17.8. The fraction of sp³-hybridized carbons (Fsp3) is 0.391. The Balaban J connectivity index is 1.41. The normalized spacial score (nSPS) is 20.4. The van der Waals surface area contributed by atoms with E-state index in [1.807, 2.05) is 12.4 Å². The average molecular weight is 424 g/mol. The summed E-state index contributed by atoms with van der Waals surface area (Å²) in [6.07, 6.45) is 0.476. The molecule has 0 bridgehead atoms. The Morgan fingerprint density at radius 1 is 1.20 bits per heavy atom. The maximum atomic E-state index is 11.6. The molecule has 0 aliphatic carbocycles. The third-order valence-electron chi connectivity index (χ3n) is 5.96. The summed E-state index contributed by atoms with van der Waals surface area (Å²) in [5.41, 5.74) is 6.24. The topological polar surface area (TPSA) is 63.7 Å². The number of nitrogens with zero attached hydrogens (tertiary/aromatic N) is 2. The molecule has 1 N–H and O–H groups in total. The van der Waals surface area contributed by atoms with Crippen LogP contribution in [0.2, 0.25) is 0 Å². The molecule has 3 aromatic rings. The third kappa shape index (κ3) is 3.87. The monoisotopic (exact) mass is 423 g/mol. The molecule has 0 saturated carbocycles. The number of hydrogen-bond acceptors (Lipinski definition) is 6. The van der Waals surface area contributed by atoms with Gasteiger partial charge in [-0.1, -0.05) is 12.1 Å². The van der Waals surface area contributed by atoms with Gasteiger partial charge in [0, 0.05) is 37.7 Å². The highest BCUT2D eigenvalue weighted by molar-refractivity contribution is 7.17. The smallest absolute Gasteiger partial charge is 0.220 e. The summed E-state index contributed by atoms with van der Waals surface area (Å²) in [5, 5.41) is 2.90. The van der Waals surface area contributed by atoms with Gasteiger partial charge in [0.05, 0.1) is 28.9 Å². The summed E-state index contributed by atoms with van der Waals surface area (Å²) >= 11 is 1.59. The Bertz CT molecular complexity index is 1040. The van der Waals surface area contributed by atoms with Gasteiger partial charge < -0.3 is 19.7 Å². The van der Waals surface area contributed by atoms with E-state index < -0.39 is 0 Å². The number of aromatic nitrogens is 1. The van der Waals surface area contributed by atoms with Gasteiger partial charge in [-0.05, 0) is 42.3 Å². The Hall–Kier alpha value is -2.64. The molecule has 156 valence electrons. The molecule has 2 aliphatic rings. The molecule has 6 nitrogen and oxygen atoms in total. The molecule has 1 amide bonds. The standard InChI is InChI=1S/C23H25N3O3S/c1-15(18-12-22(27)24-13-18)29-21-11-17(10-20-23(21)30-14-25-20)16-2-4-19(5-3-16)26-6-8-28-9-7-26/h2-5,10-11,14-15,18H,6-9,12-13H2,1H3,(H,24,27)/t15?,18-/m1/s1. The molecule has 2 aromatic carbocycles. The van der Waals surface area contributed by atoms with Gasteiger partial charge in [0.1, 0.15) is 11.9 Å². The number of anilines is 1. The lowest BCUT2D eigenvalue weighted by molar-refractivity contribution is -0.119. The zero-order chi connectivity index (χ0) is 20.5. The zero-order valence-electron chi connectivity index (χ0n) is 17.0. The molecular formula is C23H25N3O3S. The van der Waals surface area contributed by atoms with E-state index in [1.165, 1.54) is 5.69 Å². The van der Waals surface area contributed by atoms with Gasteiger partial charge in [-0.3, -0.25) is 4.79 Å². The van der Waals surface area contributed by atoms with Crippen LogP contribution in [0.25, 0.3) is 21.3 Å². The highest BCUT2D eigenvalue weighted by atomic mass is 32.1. The SMILES string of the molecule is CC(Oc1cc(-c2ccc(N3CCOCC3)cc2)cc2ncsc12)[C@H]1CNC(=O)C1. The second kappa shape index (κ2) is 8.24. The van der Waals surface area contributed by atoms with Crippen LogP contribution in [-0.2, 0) is 9.53 Å². The second-order valence-electron chi connectivity index (χ2n) is 7.91. The van der Waals surface area contributed by atoms with Gasteiger partial charge in [0.25, 0.3) is 0 Å². The van der Waals surface area contributed by atoms with E-state index in [4.69, 9.17) is 9.47 Å². The maximum Gasteiger partial charge on any atom is 0.220 e. The summed E-state index contributed by atoms with van der Waals surface area (Å²) in [7, 11) is 0. The van der Waals surface area contributed by atoms with E-state index in [0.717, 1.165) is 53.4 Å². The first-order valence-electron chi connectivity index (χ1n) is 10.4. The van der Waals surface area contributed by atoms with Gasteiger partial charge in [0.15, 0.2) is 0 Å². The number of rotatable bonds is 5. The van der Waals surface area contributed by atoms with Crippen LogP contribution < -0.4 is 15.0 Å². The van der Waals surface area contributed by atoms with Gasteiger partial charge in [-0.2, -0.15) is 0 Å². The molecule has 0 radical (unpaired) electrons. The minimum Gasteiger partial charge on any atom is -0.489 e. The van der Waals surface area contributed by atoms with Crippen molar-refractivity contribution in [3.05, 3.63) is 41.9 Å². The summed E-state index contributed by atoms with van der Waals surface area (Å²) in [4.78, 5) is 18.5. The van der Waals surface area contributed by atoms with Crippen LogP contribution in [0.4, 0.5) is 5.69 Å². The second-order valence-corrected chi connectivity index (χ2v) is 8.77. The lowest BCUT2D eigenvalue weighted by Gasteiger charge is -2.29. The minimum absolute atomic E-state index is 0.0480. The lowest BCUT2D eigenvalue weighted by Crippen LogP contribution is -2.36. The average Bonchev–Trinajstić information content (AvgIpc) is 3.43. The first-order chi connectivity index (χ1) is 14.7. The van der Waals surface area contributed by atoms with Crippen LogP contribution >= 0.6 is 11.3 Å². The van der Waals surface area contributed by atoms with Crippen LogP contribution in [0.3, 0.4) is 0 Å². The number of ether oxygens (including phenoxy) is 2. The van der Waals surface area contributed by atoms with Crippen molar-refractivity contribution in [2.75, 3.05) is 37.7 Å². The number of thiazole rings is 1. The molecule has 1 aromatic heterocycles. The van der Waals surface area contributed by atoms with Crippen molar-refractivity contribution in [3.63, 3.8) is 0 Å². The first-order valence-corrected chi connectivity index (χ1v) is 11.3. The summed E-state index contributed by atoms with van der Waals surface area (Å²) in [6.45, 7) is 6.14. The van der Waals surface area contributed by atoms with Crippen molar-refractivity contribution in [2.24, 2.45) is 5.92 Å². The maximum absolute atomic E-state index is 11.6. The van der Waals surface area contributed by atoms with E-state index in [1.54, 1.807) is 11.3 Å². The van der Waals surface area contributed by atoms with E-state index in [0.29, 0.717) is 13.0 Å². The van der Waals surface area contributed by atoms with Crippen molar-refractivity contribution in [2.45, 2.75) is 19.4 Å². The quantitative estimate of drug-likeness (QED) is 0.678. The Kier molecular flexibility index (Phi) is 5.31. The predicted molar refractivity (Wildman–Crippen MR) is 119 cm³/mol. The third-order valence-corrected chi connectivity index (χ3v) is 6.82. The van der Waals surface area contributed by atoms with Crippen LogP contribution in [0.15, 0.2) is 41.9 Å². The largest absolute Gasteiger partial charge is 0.489 e. The van der Waals surface area contributed by atoms with Crippen molar-refractivity contribution < 1.29 is 14.3 Å². The fourth-order valence-electron chi connectivity index (χ4n) is 4.13. The van der Waals surface area contributed by atoms with E-state index >= 15 is 0 Å². The highest BCUT2D eigenvalue weighted by Gasteiger charge is 2.28. The van der Waals surface area contributed by atoms with Crippen LogP contribution in [0.5, 0.6) is 5.75 Å². The van der Waals surface area contributed by atoms with Gasteiger partial charge in [-0.15, -0.1) is 11.3 Å². The van der Waals surface area contributed by atoms with Crippen molar-refractivity contribution in [3.8, 4) is 16.9 Å². The number of morpholine rings is 1. The number of fused-ring (bicyclic) bond motifs is 1. The molecule has 2 aliphatic heterocycles. The number of hydrogen-bond donors (Lipinski definition) is 1. The van der Waals surface area contributed by atoms with Crippen molar-refractivity contribution >= 4 is 33.1 Å². The highest BCUT2D eigenvalue weighted by Crippen LogP contribution is 2.36. The molecule has 5 rings (SSSR count). The molecule has 7 heteroatoms. The number of amides is 1. The molecular weight excluding hydrogens is 398 g/mol. The molecule has 1 unspecified atom stereocenters. The number of nitrogens with one attached hydrogen (secondary N) is 1. The predicted octanol–water partition coefficient (Wildman–Crippen LogP) is 3.70. The number of carbonyl (C=O) groups excluding carboxylic acids is 1. The van der Waals surface area contributed by atoms with Gasteiger partial charge >= 0.3 is 0 Å². The molecule has 2 saturated heterocycles. The summed E-state index contributed by atoms with van der Waals surface area (Å²) in [5.74, 6) is 1.14. The number of benzene rings is 2. The lowest BCUT2D eigenvalue weighted by atomic mass is 10.0. The molecule has 0 spiro atoms. The Morgan fingerprint density at radius 2 is 2.00 bits per heavy atom. The Morgan fingerprint density at radius 3 is 2.73 bits per heavy atom. The minimum atomic E-state index is -0.0480. The summed E-state index contributed by atoms with van der Waals surface area (Å²) in [6, 6.07) is 12.9. The van der Waals surface area contributed by atoms with Gasteiger partial charge in [0.2, 0.25) is 5.91 Å². The fourth-order valence-corrected chi connectivity index (χ4v) is 4.86. The van der Waals surface area contributed by atoms with Crippen LogP contribution in [0.1, 0.15) is 13.3 Å². The molecule has 30 heavy (non-hydrogen) atoms. The van der Waals surface area contributed by atoms with Crippen molar-refractivity contribution in [1.29, 1.82) is 0 Å². The summed E-state index contributed by atoms with van der Waals surface area (Å²) < 4.78 is 12.9. The molecule has 3 heterocycles. The van der Waals surface area contributed by atoms with E-state index in [2.05, 4.69) is 51.6 Å². The molecule has 2 fully saturated rings. The van der Waals surface area contributed by atoms with Crippen LogP contribution in [0, 0.1) is 5.92 Å². The van der Waals surface area contributed by atoms with E-state index in [-0.39, 0.29) is 17.9 Å². The number of carbonyl (C=O) groups is 1. The van der Waals surface area contributed by atoms with E-state index in [9.17, 15) is 4.79 Å². The van der Waals surface area contributed by atoms with Crippen LogP contribution in [-0.4, -0.2) is 49.8 Å².